The molecule has 96 valence electrons. The highest BCUT2D eigenvalue weighted by molar-refractivity contribution is 8.00. The molecule has 0 saturated carbocycles. The average Bonchev–Trinajstić information content (AvgIpc) is 2.71. The predicted molar refractivity (Wildman–Crippen MR) is 70.6 cm³/mol. The Morgan fingerprint density at radius 2 is 2.11 bits per heavy atom. The van der Waals surface area contributed by atoms with Gasteiger partial charge in [0.2, 0.25) is 5.91 Å². The van der Waals surface area contributed by atoms with Crippen molar-refractivity contribution in [3.05, 3.63) is 34.9 Å². The first-order valence-electron chi connectivity index (χ1n) is 5.41. The van der Waals surface area contributed by atoms with Gasteiger partial charge < -0.3 is 10.0 Å². The second kappa shape index (κ2) is 5.20. The number of benzene rings is 1. The third-order valence-electron chi connectivity index (χ3n) is 2.84. The van der Waals surface area contributed by atoms with Crippen LogP contribution in [-0.4, -0.2) is 33.7 Å². The van der Waals surface area contributed by atoms with Crippen molar-refractivity contribution in [3.63, 3.8) is 0 Å². The van der Waals surface area contributed by atoms with Gasteiger partial charge in [-0.15, -0.1) is 11.8 Å². The molecule has 0 aromatic heterocycles. The minimum Gasteiger partial charge on any atom is -0.480 e. The molecule has 0 bridgehead atoms. The summed E-state index contributed by atoms with van der Waals surface area (Å²) in [5.74, 6) is -0.829. The monoisotopic (exact) mass is 285 g/mol. The number of rotatable bonds is 3. The van der Waals surface area contributed by atoms with Crippen LogP contribution in [0.2, 0.25) is 5.02 Å². The number of thioether (sulfide) groups is 1. The van der Waals surface area contributed by atoms with Crippen molar-refractivity contribution < 1.29 is 14.7 Å². The quantitative estimate of drug-likeness (QED) is 0.926. The molecule has 1 fully saturated rings. The van der Waals surface area contributed by atoms with Crippen molar-refractivity contribution in [2.24, 2.45) is 0 Å². The van der Waals surface area contributed by atoms with Crippen LogP contribution in [0, 0.1) is 0 Å². The van der Waals surface area contributed by atoms with Gasteiger partial charge in [0, 0.05) is 5.02 Å². The lowest BCUT2D eigenvalue weighted by Gasteiger charge is -2.27. The highest BCUT2D eigenvalue weighted by Crippen LogP contribution is 2.40. The van der Waals surface area contributed by atoms with Gasteiger partial charge in [-0.25, -0.2) is 4.79 Å². The molecule has 0 radical (unpaired) electrons. The van der Waals surface area contributed by atoms with Gasteiger partial charge in [0.25, 0.3) is 0 Å². The van der Waals surface area contributed by atoms with Crippen molar-refractivity contribution in [1.29, 1.82) is 0 Å². The van der Waals surface area contributed by atoms with Crippen LogP contribution in [0.1, 0.15) is 17.9 Å². The number of hydrogen-bond donors (Lipinski definition) is 1. The Kier molecular flexibility index (Phi) is 3.82. The van der Waals surface area contributed by atoms with Gasteiger partial charge in [0.1, 0.15) is 11.4 Å². The number of halogens is 1. The minimum atomic E-state index is -0.996. The van der Waals surface area contributed by atoms with Gasteiger partial charge >= 0.3 is 5.97 Å². The number of carbonyl (C=O) groups excluding carboxylic acids is 1. The maximum absolute atomic E-state index is 11.8. The highest BCUT2D eigenvalue weighted by atomic mass is 35.5. The molecule has 4 nitrogen and oxygen atoms in total. The molecular weight excluding hydrogens is 274 g/mol. The molecule has 1 N–H and O–H groups in total. The summed E-state index contributed by atoms with van der Waals surface area (Å²) in [4.78, 5) is 24.2. The fraction of sp³-hybridized carbons (Fsp3) is 0.333. The smallest absolute Gasteiger partial charge is 0.326 e. The number of carboxylic acid groups (broad SMARTS) is 1. The topological polar surface area (TPSA) is 57.6 Å². The van der Waals surface area contributed by atoms with Crippen molar-refractivity contribution in [2.75, 3.05) is 5.75 Å². The Bertz CT molecular complexity index is 477. The number of aliphatic carboxylic acids is 1. The molecule has 1 aromatic rings. The van der Waals surface area contributed by atoms with Crippen molar-refractivity contribution in [3.8, 4) is 0 Å². The maximum Gasteiger partial charge on any atom is 0.326 e. The summed E-state index contributed by atoms with van der Waals surface area (Å²) in [6, 6.07) is 6.29. The zero-order valence-electron chi connectivity index (χ0n) is 9.67. The Balaban J connectivity index is 2.29. The first-order chi connectivity index (χ1) is 8.50. The zero-order chi connectivity index (χ0) is 13.3. The van der Waals surface area contributed by atoms with Gasteiger partial charge in [-0.3, -0.25) is 4.79 Å². The number of hydrogen-bond acceptors (Lipinski definition) is 3. The first kappa shape index (κ1) is 13.2. The lowest BCUT2D eigenvalue weighted by molar-refractivity contribution is -0.148. The Labute approximate surface area is 114 Å². The van der Waals surface area contributed by atoms with E-state index < -0.39 is 12.0 Å². The lowest BCUT2D eigenvalue weighted by atomic mass is 10.1. The van der Waals surface area contributed by atoms with E-state index in [9.17, 15) is 9.59 Å². The lowest BCUT2D eigenvalue weighted by Crippen LogP contribution is -2.41. The first-order valence-corrected chi connectivity index (χ1v) is 6.84. The Morgan fingerprint density at radius 3 is 2.67 bits per heavy atom. The van der Waals surface area contributed by atoms with Crippen LogP contribution in [0.15, 0.2) is 24.3 Å². The molecule has 1 aliphatic heterocycles. The van der Waals surface area contributed by atoms with Crippen LogP contribution in [-0.2, 0) is 9.59 Å². The average molecular weight is 286 g/mol. The fourth-order valence-corrected chi connectivity index (χ4v) is 3.24. The number of carboxylic acids is 1. The van der Waals surface area contributed by atoms with Gasteiger partial charge in [-0.1, -0.05) is 23.7 Å². The second-order valence-electron chi connectivity index (χ2n) is 4.03. The van der Waals surface area contributed by atoms with E-state index in [0.29, 0.717) is 10.8 Å². The number of carbonyl (C=O) groups is 2. The number of amides is 1. The van der Waals surface area contributed by atoms with E-state index in [1.165, 1.54) is 23.6 Å². The third-order valence-corrected chi connectivity index (χ3v) is 4.32. The molecule has 2 rings (SSSR count). The molecule has 0 aliphatic carbocycles. The normalized spacial score (nSPS) is 21.1. The van der Waals surface area contributed by atoms with E-state index >= 15 is 0 Å². The molecule has 1 amide bonds. The van der Waals surface area contributed by atoms with Crippen LogP contribution in [0.4, 0.5) is 0 Å². The summed E-state index contributed by atoms with van der Waals surface area (Å²) in [7, 11) is 0. The summed E-state index contributed by atoms with van der Waals surface area (Å²) >= 11 is 7.25. The van der Waals surface area contributed by atoms with E-state index in [4.69, 9.17) is 16.7 Å². The van der Waals surface area contributed by atoms with Crippen molar-refractivity contribution >= 4 is 35.2 Å². The van der Waals surface area contributed by atoms with Gasteiger partial charge in [-0.2, -0.15) is 0 Å². The summed E-state index contributed by atoms with van der Waals surface area (Å²) < 4.78 is 0. The standard InChI is InChI=1S/C12H12ClNO3S/c1-7(12(16)17)14-10(15)6-18-11(14)8-2-4-9(13)5-3-8/h2-5,7,11H,6H2,1H3,(H,16,17)/t7-,11?/m0/s1. The van der Waals surface area contributed by atoms with E-state index in [2.05, 4.69) is 0 Å². The molecule has 1 heterocycles. The summed E-state index contributed by atoms with van der Waals surface area (Å²) in [6.45, 7) is 1.52. The van der Waals surface area contributed by atoms with Gasteiger partial charge in [0.15, 0.2) is 0 Å². The Morgan fingerprint density at radius 1 is 1.50 bits per heavy atom. The van der Waals surface area contributed by atoms with Gasteiger partial charge in [-0.05, 0) is 24.6 Å². The molecule has 1 saturated heterocycles. The third kappa shape index (κ3) is 2.47. The van der Waals surface area contributed by atoms with Crippen LogP contribution < -0.4 is 0 Å². The molecule has 18 heavy (non-hydrogen) atoms. The highest BCUT2D eigenvalue weighted by Gasteiger charge is 2.38. The molecular formula is C12H12ClNO3S. The van der Waals surface area contributed by atoms with Crippen LogP contribution in [0.3, 0.4) is 0 Å². The van der Waals surface area contributed by atoms with Crippen molar-refractivity contribution in [1.82, 2.24) is 4.90 Å². The van der Waals surface area contributed by atoms with Crippen LogP contribution in [0.5, 0.6) is 0 Å². The predicted octanol–water partition coefficient (Wildman–Crippen LogP) is 2.39. The fourth-order valence-electron chi connectivity index (χ4n) is 1.86. The molecule has 2 atom stereocenters. The summed E-state index contributed by atoms with van der Waals surface area (Å²) in [5, 5.41) is 9.41. The minimum absolute atomic E-state index is 0.144. The molecule has 1 aliphatic rings. The zero-order valence-corrected chi connectivity index (χ0v) is 11.2. The second-order valence-corrected chi connectivity index (χ2v) is 5.54. The van der Waals surface area contributed by atoms with E-state index in [1.54, 1.807) is 12.1 Å². The van der Waals surface area contributed by atoms with Crippen molar-refractivity contribution in [2.45, 2.75) is 18.3 Å². The van der Waals surface area contributed by atoms with Crippen LogP contribution in [0.25, 0.3) is 0 Å². The van der Waals surface area contributed by atoms with E-state index in [1.807, 2.05) is 12.1 Å². The number of nitrogens with zero attached hydrogens (tertiary/aromatic N) is 1. The maximum atomic E-state index is 11.8. The molecule has 6 heteroatoms. The molecule has 0 spiro atoms. The molecule has 1 aromatic carbocycles. The summed E-state index contributed by atoms with van der Waals surface area (Å²) in [5.41, 5.74) is 0.892. The largest absolute Gasteiger partial charge is 0.480 e. The summed E-state index contributed by atoms with van der Waals surface area (Å²) in [6.07, 6.45) is 0. The van der Waals surface area contributed by atoms with E-state index in [0.717, 1.165) is 5.56 Å². The SMILES string of the molecule is C[C@@H](C(=O)O)N1C(=O)CSC1c1ccc(Cl)cc1. The van der Waals surface area contributed by atoms with E-state index in [-0.39, 0.29) is 11.3 Å². The van der Waals surface area contributed by atoms with Crippen LogP contribution >= 0.6 is 23.4 Å². The Hall–Kier alpha value is -1.20. The molecule has 1 unspecified atom stereocenters. The van der Waals surface area contributed by atoms with Gasteiger partial charge in [0.05, 0.1) is 5.75 Å².